The Labute approximate surface area is 138 Å². The molecule has 0 atom stereocenters. The second kappa shape index (κ2) is 7.12. The predicted molar refractivity (Wildman–Crippen MR) is 67.8 cm³/mol. The van der Waals surface area contributed by atoms with E-state index in [-0.39, 0.29) is 46.8 Å². The van der Waals surface area contributed by atoms with Gasteiger partial charge in [-0.1, -0.05) is 0 Å². The molecule has 0 spiro atoms. The SMILES string of the molecule is N#C/C(C(=O)Nc1ccc(C#N)cc1)=C(\O)C1CC1.[Na+]. The van der Waals surface area contributed by atoms with E-state index in [9.17, 15) is 9.90 Å². The maximum Gasteiger partial charge on any atom is 1.00 e. The van der Waals surface area contributed by atoms with Gasteiger partial charge < -0.3 is 10.4 Å². The van der Waals surface area contributed by atoms with Crippen LogP contribution in [-0.2, 0) is 4.79 Å². The van der Waals surface area contributed by atoms with E-state index >= 15 is 0 Å². The van der Waals surface area contributed by atoms with Crippen LogP contribution < -0.4 is 34.9 Å². The number of allylic oxidation sites excluding steroid dienone is 1. The molecule has 0 aliphatic heterocycles. The van der Waals surface area contributed by atoms with Gasteiger partial charge in [-0.3, -0.25) is 4.79 Å². The molecule has 0 saturated heterocycles. The van der Waals surface area contributed by atoms with Crippen molar-refractivity contribution < 1.29 is 39.5 Å². The Kier molecular flexibility index (Phi) is 5.79. The number of amides is 1. The number of nitrogens with zero attached hydrogens (tertiary/aromatic N) is 2. The zero-order valence-electron chi connectivity index (χ0n) is 11.1. The first-order valence-corrected chi connectivity index (χ1v) is 5.80. The molecule has 94 valence electrons. The number of anilines is 1. The number of aliphatic hydroxyl groups is 1. The Bertz CT molecular complexity index is 619. The van der Waals surface area contributed by atoms with Crippen molar-refractivity contribution in [3.05, 3.63) is 41.2 Å². The van der Waals surface area contributed by atoms with Crippen LogP contribution in [0, 0.1) is 28.6 Å². The number of carbonyl (C=O) groups excluding carboxylic acids is 1. The van der Waals surface area contributed by atoms with Crippen molar-refractivity contribution in [3.8, 4) is 12.1 Å². The fourth-order valence-corrected chi connectivity index (χ4v) is 1.61. The first-order valence-electron chi connectivity index (χ1n) is 5.80. The average molecular weight is 276 g/mol. The summed E-state index contributed by atoms with van der Waals surface area (Å²) in [4.78, 5) is 11.9. The largest absolute Gasteiger partial charge is 1.00 e. The molecule has 20 heavy (non-hydrogen) atoms. The van der Waals surface area contributed by atoms with Gasteiger partial charge in [0.15, 0.2) is 5.57 Å². The number of rotatable bonds is 3. The van der Waals surface area contributed by atoms with E-state index in [2.05, 4.69) is 5.32 Å². The Morgan fingerprint density at radius 3 is 2.30 bits per heavy atom. The third-order valence-corrected chi connectivity index (χ3v) is 2.83. The maximum atomic E-state index is 11.9. The molecule has 1 aliphatic carbocycles. The first kappa shape index (κ1) is 16.3. The zero-order valence-corrected chi connectivity index (χ0v) is 13.1. The zero-order chi connectivity index (χ0) is 13.8. The van der Waals surface area contributed by atoms with Gasteiger partial charge in [-0.15, -0.1) is 0 Å². The molecule has 6 heteroatoms. The molecule has 2 N–H and O–H groups in total. The molecule has 1 amide bonds. The second-order valence-electron chi connectivity index (χ2n) is 4.29. The summed E-state index contributed by atoms with van der Waals surface area (Å²) in [5.74, 6) is -0.813. The number of carbonyl (C=O) groups is 1. The molecule has 1 aromatic carbocycles. The number of nitrogens with one attached hydrogen (secondary N) is 1. The van der Waals surface area contributed by atoms with Gasteiger partial charge >= 0.3 is 29.6 Å². The molecule has 0 unspecified atom stereocenters. The van der Waals surface area contributed by atoms with Crippen LogP contribution in [0.25, 0.3) is 0 Å². The average Bonchev–Trinajstić information content (AvgIpc) is 3.24. The third-order valence-electron chi connectivity index (χ3n) is 2.83. The van der Waals surface area contributed by atoms with Crippen molar-refractivity contribution in [3.63, 3.8) is 0 Å². The minimum absolute atomic E-state index is 0. The number of hydrogen-bond acceptors (Lipinski definition) is 4. The van der Waals surface area contributed by atoms with Crippen LogP contribution in [0.4, 0.5) is 5.69 Å². The molecular weight excluding hydrogens is 265 g/mol. The standard InChI is InChI=1S/C14H11N3O2.Na/c15-7-9-1-5-11(6-2-9)17-14(19)12(8-16)13(18)10-3-4-10;/h1-2,5-6,10,18H,3-4H2,(H,17,19);/q;+1/b13-12+;. The monoisotopic (exact) mass is 276 g/mol. The molecule has 1 saturated carbocycles. The van der Waals surface area contributed by atoms with Crippen molar-refractivity contribution in [2.75, 3.05) is 5.32 Å². The fraction of sp³-hybridized carbons (Fsp3) is 0.214. The molecule has 0 radical (unpaired) electrons. The molecule has 5 nitrogen and oxygen atoms in total. The summed E-state index contributed by atoms with van der Waals surface area (Å²) in [5, 5.41) is 29.8. The van der Waals surface area contributed by atoms with Crippen molar-refractivity contribution in [1.29, 1.82) is 10.5 Å². The van der Waals surface area contributed by atoms with Gasteiger partial charge in [-0.05, 0) is 37.1 Å². The summed E-state index contributed by atoms with van der Waals surface area (Å²) in [7, 11) is 0. The molecule has 1 aromatic rings. The first-order chi connectivity index (χ1) is 9.15. The van der Waals surface area contributed by atoms with Gasteiger partial charge in [-0.25, -0.2) is 0 Å². The Hall–Kier alpha value is -1.79. The minimum Gasteiger partial charge on any atom is -0.510 e. The summed E-state index contributed by atoms with van der Waals surface area (Å²) in [6.45, 7) is 0. The second-order valence-corrected chi connectivity index (χ2v) is 4.29. The van der Waals surface area contributed by atoms with Gasteiger partial charge in [0.25, 0.3) is 5.91 Å². The van der Waals surface area contributed by atoms with Gasteiger partial charge in [0.05, 0.1) is 11.6 Å². The number of nitriles is 2. The molecule has 2 rings (SSSR count). The summed E-state index contributed by atoms with van der Waals surface area (Å²) in [6.07, 6.45) is 1.61. The number of aliphatic hydroxyl groups excluding tert-OH is 1. The molecular formula is C14H11N3NaO2+. The van der Waals surface area contributed by atoms with E-state index in [0.717, 1.165) is 12.8 Å². The Morgan fingerprint density at radius 1 is 1.25 bits per heavy atom. The number of hydrogen-bond donors (Lipinski definition) is 2. The summed E-state index contributed by atoms with van der Waals surface area (Å²) in [6, 6.07) is 9.96. The predicted octanol–water partition coefficient (Wildman–Crippen LogP) is -0.754. The van der Waals surface area contributed by atoms with Gasteiger partial charge in [0, 0.05) is 11.6 Å². The number of benzene rings is 1. The van der Waals surface area contributed by atoms with Crippen LogP contribution in [0.15, 0.2) is 35.6 Å². The molecule has 0 bridgehead atoms. The van der Waals surface area contributed by atoms with Crippen LogP contribution in [0.5, 0.6) is 0 Å². The summed E-state index contributed by atoms with van der Waals surface area (Å²) in [5.41, 5.74) is 0.710. The summed E-state index contributed by atoms with van der Waals surface area (Å²) < 4.78 is 0. The fourth-order valence-electron chi connectivity index (χ4n) is 1.61. The quantitative estimate of drug-likeness (QED) is 0.328. The maximum absolute atomic E-state index is 11.9. The smallest absolute Gasteiger partial charge is 0.510 e. The van der Waals surface area contributed by atoms with E-state index in [1.165, 1.54) is 0 Å². The van der Waals surface area contributed by atoms with Crippen LogP contribution in [0.2, 0.25) is 0 Å². The van der Waals surface area contributed by atoms with Gasteiger partial charge in [0.1, 0.15) is 11.8 Å². The third kappa shape index (κ3) is 3.85. The van der Waals surface area contributed by atoms with Crippen molar-refractivity contribution in [2.45, 2.75) is 12.8 Å². The van der Waals surface area contributed by atoms with E-state index in [1.807, 2.05) is 6.07 Å². The summed E-state index contributed by atoms with van der Waals surface area (Å²) >= 11 is 0. The van der Waals surface area contributed by atoms with E-state index in [4.69, 9.17) is 10.5 Å². The van der Waals surface area contributed by atoms with Crippen molar-refractivity contribution >= 4 is 11.6 Å². The van der Waals surface area contributed by atoms with Crippen LogP contribution in [0.1, 0.15) is 18.4 Å². The van der Waals surface area contributed by atoms with Gasteiger partial charge in [0.2, 0.25) is 0 Å². The topological polar surface area (TPSA) is 96.9 Å². The van der Waals surface area contributed by atoms with E-state index < -0.39 is 5.91 Å². The van der Waals surface area contributed by atoms with Crippen LogP contribution >= 0.6 is 0 Å². The van der Waals surface area contributed by atoms with E-state index in [1.54, 1.807) is 30.3 Å². The van der Waals surface area contributed by atoms with E-state index in [0.29, 0.717) is 11.3 Å². The Morgan fingerprint density at radius 2 is 1.85 bits per heavy atom. The molecule has 0 aromatic heterocycles. The molecule has 1 aliphatic rings. The van der Waals surface area contributed by atoms with Crippen molar-refractivity contribution in [1.82, 2.24) is 0 Å². The normalized spacial score (nSPS) is 14.1. The molecule has 0 heterocycles. The van der Waals surface area contributed by atoms with Crippen molar-refractivity contribution in [2.24, 2.45) is 5.92 Å². The molecule has 1 fully saturated rings. The Balaban J connectivity index is 0.00000200. The van der Waals surface area contributed by atoms with Crippen LogP contribution in [0.3, 0.4) is 0 Å². The minimum atomic E-state index is -0.628. The van der Waals surface area contributed by atoms with Gasteiger partial charge in [-0.2, -0.15) is 10.5 Å². The van der Waals surface area contributed by atoms with Crippen LogP contribution in [-0.4, -0.2) is 11.0 Å².